The van der Waals surface area contributed by atoms with E-state index in [1.807, 2.05) is 0 Å². The van der Waals surface area contributed by atoms with Crippen LogP contribution < -0.4 is 4.74 Å². The van der Waals surface area contributed by atoms with Crippen molar-refractivity contribution in [3.8, 4) is 11.8 Å². The van der Waals surface area contributed by atoms with Gasteiger partial charge in [0.25, 0.3) is 0 Å². The Balaban J connectivity index is 3.34. The molecule has 0 unspecified atom stereocenters. The first-order valence-electron chi connectivity index (χ1n) is 4.95. The summed E-state index contributed by atoms with van der Waals surface area (Å²) in [5, 5.41) is 8.68. The molecule has 0 radical (unpaired) electrons. The minimum absolute atomic E-state index is 0.00563. The third-order valence-electron chi connectivity index (χ3n) is 1.90. The fraction of sp³-hybridized carbons (Fsp3) is 0.273. The van der Waals surface area contributed by atoms with Crippen LogP contribution in [0.25, 0.3) is 0 Å². The van der Waals surface area contributed by atoms with Crippen molar-refractivity contribution in [2.24, 2.45) is 0 Å². The zero-order chi connectivity index (χ0) is 14.6. The van der Waals surface area contributed by atoms with Crippen molar-refractivity contribution in [3.05, 3.63) is 28.3 Å². The Bertz CT molecular complexity index is 537. The third kappa shape index (κ3) is 4.03. The largest absolute Gasteiger partial charge is 0.573 e. The number of carbonyl (C=O) groups excluding carboxylic acids is 1. The highest BCUT2D eigenvalue weighted by molar-refractivity contribution is 6.31. The molecule has 0 aromatic heterocycles. The molecule has 0 heterocycles. The second kappa shape index (κ2) is 5.80. The Kier molecular flexibility index (Phi) is 4.62. The summed E-state index contributed by atoms with van der Waals surface area (Å²) in [4.78, 5) is 11.5. The zero-order valence-electron chi connectivity index (χ0n) is 9.55. The molecule has 0 spiro atoms. The SMILES string of the molecule is CCOC(=O)c1cc(Cl)cc(OC(F)(F)F)c1C#N. The quantitative estimate of drug-likeness (QED) is 0.802. The van der Waals surface area contributed by atoms with E-state index in [4.69, 9.17) is 16.9 Å². The summed E-state index contributed by atoms with van der Waals surface area (Å²) in [6.07, 6.45) is -5.00. The molecule has 0 atom stereocenters. The molecule has 8 heteroatoms. The first-order valence-corrected chi connectivity index (χ1v) is 5.32. The van der Waals surface area contributed by atoms with Crippen molar-refractivity contribution in [1.29, 1.82) is 5.26 Å². The second-order valence-corrected chi connectivity index (χ2v) is 3.64. The number of rotatable bonds is 3. The van der Waals surface area contributed by atoms with Gasteiger partial charge in [-0.05, 0) is 13.0 Å². The van der Waals surface area contributed by atoms with Crippen molar-refractivity contribution >= 4 is 17.6 Å². The second-order valence-electron chi connectivity index (χ2n) is 3.21. The van der Waals surface area contributed by atoms with Crippen LogP contribution in [0.1, 0.15) is 22.8 Å². The average molecular weight is 294 g/mol. The molecule has 0 amide bonds. The molecule has 0 aliphatic carbocycles. The fourth-order valence-corrected chi connectivity index (χ4v) is 1.48. The molecular formula is C11H7ClF3NO3. The maximum absolute atomic E-state index is 12.2. The smallest absolute Gasteiger partial charge is 0.462 e. The Morgan fingerprint density at radius 1 is 1.47 bits per heavy atom. The van der Waals surface area contributed by atoms with Gasteiger partial charge in [0.05, 0.1) is 12.2 Å². The monoisotopic (exact) mass is 293 g/mol. The summed E-state index contributed by atoms with van der Waals surface area (Å²) < 4.78 is 44.8. The molecular weight excluding hydrogens is 287 g/mol. The maximum atomic E-state index is 12.2. The lowest BCUT2D eigenvalue weighted by molar-refractivity contribution is -0.274. The molecule has 0 N–H and O–H groups in total. The Morgan fingerprint density at radius 2 is 2.11 bits per heavy atom. The molecule has 0 aliphatic heterocycles. The van der Waals surface area contributed by atoms with Gasteiger partial charge in [-0.1, -0.05) is 11.6 Å². The van der Waals surface area contributed by atoms with E-state index in [2.05, 4.69) is 9.47 Å². The fourth-order valence-electron chi connectivity index (χ4n) is 1.27. The van der Waals surface area contributed by atoms with Crippen LogP contribution in [0.3, 0.4) is 0 Å². The lowest BCUT2D eigenvalue weighted by Gasteiger charge is -2.12. The number of hydrogen-bond donors (Lipinski definition) is 0. The third-order valence-corrected chi connectivity index (χ3v) is 2.12. The summed E-state index contributed by atoms with van der Waals surface area (Å²) in [6.45, 7) is 1.52. The van der Waals surface area contributed by atoms with Gasteiger partial charge in [-0.15, -0.1) is 13.2 Å². The van der Waals surface area contributed by atoms with E-state index in [0.717, 1.165) is 12.1 Å². The number of nitrogens with zero attached hydrogens (tertiary/aromatic N) is 1. The van der Waals surface area contributed by atoms with Gasteiger partial charge in [-0.2, -0.15) is 5.26 Å². The van der Waals surface area contributed by atoms with Gasteiger partial charge >= 0.3 is 12.3 Å². The number of halogens is 4. The highest BCUT2D eigenvalue weighted by Crippen LogP contribution is 2.31. The van der Waals surface area contributed by atoms with Gasteiger partial charge < -0.3 is 9.47 Å². The summed E-state index contributed by atoms with van der Waals surface area (Å²) in [5.74, 6) is -1.79. The summed E-state index contributed by atoms with van der Waals surface area (Å²) in [7, 11) is 0. The topological polar surface area (TPSA) is 59.3 Å². The molecule has 0 fully saturated rings. The lowest BCUT2D eigenvalue weighted by Crippen LogP contribution is -2.19. The van der Waals surface area contributed by atoms with Crippen LogP contribution in [-0.4, -0.2) is 18.9 Å². The van der Waals surface area contributed by atoms with E-state index in [1.165, 1.54) is 13.0 Å². The van der Waals surface area contributed by atoms with Gasteiger partial charge in [-0.3, -0.25) is 0 Å². The lowest BCUT2D eigenvalue weighted by atomic mass is 10.1. The normalized spacial score (nSPS) is 10.7. The van der Waals surface area contributed by atoms with Crippen LogP contribution in [-0.2, 0) is 4.74 Å². The first-order chi connectivity index (χ1) is 8.78. The number of nitriles is 1. The van der Waals surface area contributed by atoms with Gasteiger partial charge in [0.1, 0.15) is 17.4 Å². The van der Waals surface area contributed by atoms with Crippen molar-refractivity contribution < 1.29 is 27.4 Å². The molecule has 102 valence electrons. The number of hydrogen-bond acceptors (Lipinski definition) is 4. The van der Waals surface area contributed by atoms with Crippen molar-refractivity contribution in [2.75, 3.05) is 6.61 Å². The Hall–Kier alpha value is -1.94. The minimum Gasteiger partial charge on any atom is -0.462 e. The Morgan fingerprint density at radius 3 is 2.58 bits per heavy atom. The first kappa shape index (κ1) is 15.1. The molecule has 19 heavy (non-hydrogen) atoms. The maximum Gasteiger partial charge on any atom is 0.573 e. The van der Waals surface area contributed by atoms with Crippen molar-refractivity contribution in [1.82, 2.24) is 0 Å². The molecule has 0 bridgehead atoms. The van der Waals surface area contributed by atoms with Crippen molar-refractivity contribution in [2.45, 2.75) is 13.3 Å². The van der Waals surface area contributed by atoms with Crippen LogP contribution in [0.5, 0.6) is 5.75 Å². The summed E-state index contributed by atoms with van der Waals surface area (Å²) in [5.41, 5.74) is -0.962. The zero-order valence-corrected chi connectivity index (χ0v) is 10.3. The van der Waals surface area contributed by atoms with Crippen LogP contribution in [0.2, 0.25) is 5.02 Å². The van der Waals surface area contributed by atoms with Gasteiger partial charge in [-0.25, -0.2) is 4.79 Å². The van der Waals surface area contributed by atoms with Gasteiger partial charge in [0.2, 0.25) is 0 Å². The number of benzene rings is 1. The van der Waals surface area contributed by atoms with E-state index < -0.39 is 23.6 Å². The molecule has 1 aromatic rings. The molecule has 1 aromatic carbocycles. The van der Waals surface area contributed by atoms with E-state index >= 15 is 0 Å². The number of esters is 1. The molecule has 1 rings (SSSR count). The predicted molar refractivity (Wildman–Crippen MR) is 58.8 cm³/mol. The van der Waals surface area contributed by atoms with E-state index in [1.54, 1.807) is 0 Å². The van der Waals surface area contributed by atoms with Crippen LogP contribution in [0, 0.1) is 11.3 Å². The van der Waals surface area contributed by atoms with E-state index in [0.29, 0.717) is 0 Å². The number of ether oxygens (including phenoxy) is 2. The summed E-state index contributed by atoms with van der Waals surface area (Å²) in [6, 6.07) is 3.31. The highest BCUT2D eigenvalue weighted by Gasteiger charge is 2.33. The number of carbonyl (C=O) groups is 1. The van der Waals surface area contributed by atoms with Crippen LogP contribution in [0.4, 0.5) is 13.2 Å². The Labute approximate surface area is 111 Å². The summed E-state index contributed by atoms with van der Waals surface area (Å²) >= 11 is 5.59. The molecule has 0 aliphatic rings. The molecule has 0 saturated heterocycles. The molecule has 0 saturated carbocycles. The minimum atomic E-state index is -5.00. The average Bonchev–Trinajstić information content (AvgIpc) is 2.26. The van der Waals surface area contributed by atoms with Gasteiger partial charge in [0.15, 0.2) is 0 Å². The van der Waals surface area contributed by atoms with Crippen molar-refractivity contribution in [3.63, 3.8) is 0 Å². The van der Waals surface area contributed by atoms with E-state index in [-0.39, 0.29) is 17.2 Å². The molecule has 4 nitrogen and oxygen atoms in total. The number of alkyl halides is 3. The standard InChI is InChI=1S/C11H7ClF3NO3/c1-2-18-10(17)7-3-6(12)4-9(8(7)5-16)19-11(13,14)15/h3-4H,2H2,1H3. The predicted octanol–water partition coefficient (Wildman–Crippen LogP) is 3.29. The van der Waals surface area contributed by atoms with Crippen LogP contribution in [0.15, 0.2) is 12.1 Å². The van der Waals surface area contributed by atoms with Gasteiger partial charge in [0, 0.05) is 11.1 Å². The van der Waals surface area contributed by atoms with Crippen LogP contribution >= 0.6 is 11.6 Å². The van der Waals surface area contributed by atoms with E-state index in [9.17, 15) is 18.0 Å². The highest BCUT2D eigenvalue weighted by atomic mass is 35.5.